The van der Waals surface area contributed by atoms with Crippen LogP contribution in [0.5, 0.6) is 0 Å². The molecule has 0 saturated heterocycles. The van der Waals surface area contributed by atoms with Crippen molar-refractivity contribution in [2.24, 2.45) is 11.7 Å². The molecule has 0 saturated carbocycles. The largest absolute Gasteiger partial charge is 0.389 e. The minimum absolute atomic E-state index is 0.0749. The Kier molecular flexibility index (Phi) is 5.78. The maximum Gasteiger partial charge on any atom is 0.223 e. The van der Waals surface area contributed by atoms with Gasteiger partial charge in [0.15, 0.2) is 0 Å². The van der Waals surface area contributed by atoms with Gasteiger partial charge in [-0.1, -0.05) is 56.8 Å². The molecule has 1 amide bonds. The summed E-state index contributed by atoms with van der Waals surface area (Å²) in [6.07, 6.45) is 1.95. The first kappa shape index (κ1) is 14.6. The molecule has 1 aromatic carbocycles. The number of benzene rings is 1. The van der Waals surface area contributed by atoms with E-state index in [0.29, 0.717) is 11.5 Å². The predicted octanol–water partition coefficient (Wildman–Crippen LogP) is 2.37. The first-order chi connectivity index (χ1) is 8.54. The molecule has 3 N–H and O–H groups in total. The van der Waals surface area contributed by atoms with Crippen LogP contribution in [0.1, 0.15) is 37.8 Å². The van der Waals surface area contributed by atoms with Gasteiger partial charge in [-0.05, 0) is 12.0 Å². The second kappa shape index (κ2) is 7.11. The van der Waals surface area contributed by atoms with Crippen molar-refractivity contribution >= 4 is 23.1 Å². The molecule has 98 valence electrons. The lowest BCUT2D eigenvalue weighted by molar-refractivity contribution is -0.124. The van der Waals surface area contributed by atoms with E-state index in [0.717, 1.165) is 24.0 Å². The van der Waals surface area contributed by atoms with Gasteiger partial charge in [0.1, 0.15) is 4.99 Å². The Bertz CT molecular complexity index is 414. The fraction of sp³-hybridized carbons (Fsp3) is 0.429. The van der Waals surface area contributed by atoms with Gasteiger partial charge >= 0.3 is 0 Å². The van der Waals surface area contributed by atoms with E-state index in [4.69, 9.17) is 18.0 Å². The predicted molar refractivity (Wildman–Crippen MR) is 78.2 cm³/mol. The lowest BCUT2D eigenvalue weighted by Gasteiger charge is -2.11. The molecule has 1 atom stereocenters. The van der Waals surface area contributed by atoms with Crippen LogP contribution >= 0.6 is 12.2 Å². The lowest BCUT2D eigenvalue weighted by Crippen LogP contribution is -2.28. The highest BCUT2D eigenvalue weighted by Crippen LogP contribution is 2.07. The number of nitrogens with two attached hydrogens (primary N) is 1. The smallest absolute Gasteiger partial charge is 0.223 e. The summed E-state index contributed by atoms with van der Waals surface area (Å²) in [5.74, 6) is 0.182. The van der Waals surface area contributed by atoms with Crippen molar-refractivity contribution in [1.82, 2.24) is 5.32 Å². The van der Waals surface area contributed by atoms with Crippen LogP contribution in [-0.4, -0.2) is 10.9 Å². The van der Waals surface area contributed by atoms with Crippen LogP contribution in [0, 0.1) is 5.92 Å². The van der Waals surface area contributed by atoms with Crippen molar-refractivity contribution in [3.8, 4) is 0 Å². The zero-order chi connectivity index (χ0) is 13.5. The maximum absolute atomic E-state index is 11.7. The molecule has 0 bridgehead atoms. The van der Waals surface area contributed by atoms with Gasteiger partial charge in [0.05, 0.1) is 0 Å². The van der Waals surface area contributed by atoms with Crippen LogP contribution in [0.25, 0.3) is 0 Å². The monoisotopic (exact) mass is 264 g/mol. The Labute approximate surface area is 114 Å². The van der Waals surface area contributed by atoms with Crippen molar-refractivity contribution in [3.05, 3.63) is 35.4 Å². The van der Waals surface area contributed by atoms with Crippen molar-refractivity contribution < 1.29 is 4.79 Å². The van der Waals surface area contributed by atoms with Gasteiger partial charge in [-0.3, -0.25) is 4.79 Å². The fourth-order valence-electron chi connectivity index (χ4n) is 1.71. The Morgan fingerprint density at radius 1 is 1.39 bits per heavy atom. The quantitative estimate of drug-likeness (QED) is 0.776. The average molecular weight is 264 g/mol. The molecule has 0 aliphatic heterocycles. The molecule has 0 radical (unpaired) electrons. The molecule has 0 aromatic heterocycles. The SMILES string of the molecule is CCCC(C)C(=O)NCc1ccc(C(N)=S)cc1. The molecule has 1 aromatic rings. The van der Waals surface area contributed by atoms with Gasteiger partial charge in [0.2, 0.25) is 5.91 Å². The maximum atomic E-state index is 11.7. The van der Waals surface area contributed by atoms with Crippen LogP contribution in [0.15, 0.2) is 24.3 Å². The number of hydrogen-bond acceptors (Lipinski definition) is 2. The van der Waals surface area contributed by atoms with E-state index in [9.17, 15) is 4.79 Å². The Morgan fingerprint density at radius 3 is 2.50 bits per heavy atom. The minimum Gasteiger partial charge on any atom is -0.389 e. The zero-order valence-corrected chi connectivity index (χ0v) is 11.7. The first-order valence-electron chi connectivity index (χ1n) is 6.21. The van der Waals surface area contributed by atoms with E-state index in [1.54, 1.807) is 0 Å². The lowest BCUT2D eigenvalue weighted by atomic mass is 10.1. The summed E-state index contributed by atoms with van der Waals surface area (Å²) in [6, 6.07) is 7.61. The minimum atomic E-state index is 0.0749. The molecule has 0 heterocycles. The van der Waals surface area contributed by atoms with Gasteiger partial charge in [0.25, 0.3) is 0 Å². The van der Waals surface area contributed by atoms with Gasteiger partial charge in [-0.2, -0.15) is 0 Å². The summed E-state index contributed by atoms with van der Waals surface area (Å²) in [4.78, 5) is 12.1. The second-order valence-corrected chi connectivity index (χ2v) is 4.91. The van der Waals surface area contributed by atoms with E-state index in [1.807, 2.05) is 31.2 Å². The van der Waals surface area contributed by atoms with E-state index in [1.165, 1.54) is 0 Å². The topological polar surface area (TPSA) is 55.1 Å². The van der Waals surface area contributed by atoms with Crippen LogP contribution < -0.4 is 11.1 Å². The summed E-state index contributed by atoms with van der Waals surface area (Å²) in [7, 11) is 0. The third-order valence-corrected chi connectivity index (χ3v) is 3.11. The Hall–Kier alpha value is -1.42. The van der Waals surface area contributed by atoms with Crippen LogP contribution in [0.4, 0.5) is 0 Å². The van der Waals surface area contributed by atoms with Crippen molar-refractivity contribution in [1.29, 1.82) is 0 Å². The third kappa shape index (κ3) is 4.45. The van der Waals surface area contributed by atoms with Crippen LogP contribution in [-0.2, 0) is 11.3 Å². The number of amides is 1. The van der Waals surface area contributed by atoms with E-state index in [-0.39, 0.29) is 11.8 Å². The number of thiocarbonyl (C=S) groups is 1. The fourth-order valence-corrected chi connectivity index (χ4v) is 1.85. The van der Waals surface area contributed by atoms with Crippen LogP contribution in [0.3, 0.4) is 0 Å². The molecule has 4 heteroatoms. The van der Waals surface area contributed by atoms with Crippen molar-refractivity contribution in [2.75, 3.05) is 0 Å². The normalized spacial score (nSPS) is 11.9. The number of nitrogens with one attached hydrogen (secondary N) is 1. The molecule has 3 nitrogen and oxygen atoms in total. The second-order valence-electron chi connectivity index (χ2n) is 4.47. The van der Waals surface area contributed by atoms with E-state index >= 15 is 0 Å². The standard InChI is InChI=1S/C14H20N2OS/c1-3-4-10(2)14(17)16-9-11-5-7-12(8-6-11)13(15)18/h5-8,10H,3-4,9H2,1-2H3,(H2,15,18)(H,16,17). The van der Waals surface area contributed by atoms with Crippen molar-refractivity contribution in [2.45, 2.75) is 33.2 Å². The van der Waals surface area contributed by atoms with Gasteiger partial charge in [-0.25, -0.2) is 0 Å². The number of carbonyl (C=O) groups is 1. The molecular formula is C14H20N2OS. The number of carbonyl (C=O) groups excluding carboxylic acids is 1. The Morgan fingerprint density at radius 2 is 2.00 bits per heavy atom. The molecule has 1 rings (SSSR count). The summed E-state index contributed by atoms with van der Waals surface area (Å²) in [6.45, 7) is 4.58. The summed E-state index contributed by atoms with van der Waals surface area (Å²) in [5.41, 5.74) is 7.42. The summed E-state index contributed by atoms with van der Waals surface area (Å²) < 4.78 is 0. The first-order valence-corrected chi connectivity index (χ1v) is 6.62. The van der Waals surface area contributed by atoms with E-state index < -0.39 is 0 Å². The third-order valence-electron chi connectivity index (χ3n) is 2.87. The van der Waals surface area contributed by atoms with Gasteiger partial charge < -0.3 is 11.1 Å². The highest BCUT2D eigenvalue weighted by molar-refractivity contribution is 7.80. The highest BCUT2D eigenvalue weighted by Gasteiger charge is 2.10. The number of hydrogen-bond donors (Lipinski definition) is 2. The Balaban J connectivity index is 2.48. The highest BCUT2D eigenvalue weighted by atomic mass is 32.1. The summed E-state index contributed by atoms with van der Waals surface area (Å²) >= 11 is 4.88. The molecule has 0 aliphatic rings. The molecule has 0 spiro atoms. The molecule has 1 unspecified atom stereocenters. The molecule has 0 aliphatic carbocycles. The average Bonchev–Trinajstić information content (AvgIpc) is 2.36. The van der Waals surface area contributed by atoms with Gasteiger partial charge in [0, 0.05) is 18.0 Å². The van der Waals surface area contributed by atoms with Crippen LogP contribution in [0.2, 0.25) is 0 Å². The molecule has 18 heavy (non-hydrogen) atoms. The van der Waals surface area contributed by atoms with Gasteiger partial charge in [-0.15, -0.1) is 0 Å². The molecular weight excluding hydrogens is 244 g/mol. The summed E-state index contributed by atoms with van der Waals surface area (Å²) in [5, 5.41) is 2.93. The number of rotatable bonds is 6. The van der Waals surface area contributed by atoms with E-state index in [2.05, 4.69) is 12.2 Å². The zero-order valence-electron chi connectivity index (χ0n) is 10.9. The van der Waals surface area contributed by atoms with Crippen molar-refractivity contribution in [3.63, 3.8) is 0 Å². The molecule has 0 fully saturated rings.